The van der Waals surface area contributed by atoms with Gasteiger partial charge in [-0.2, -0.15) is 13.2 Å². The summed E-state index contributed by atoms with van der Waals surface area (Å²) in [5.74, 6) is 1.96. The van der Waals surface area contributed by atoms with Crippen LogP contribution >= 0.6 is 0 Å². The highest BCUT2D eigenvalue weighted by Crippen LogP contribution is 2.31. The van der Waals surface area contributed by atoms with Gasteiger partial charge in [0.15, 0.2) is 0 Å². The highest BCUT2D eigenvalue weighted by atomic mass is 19.4. The van der Waals surface area contributed by atoms with Gasteiger partial charge in [-0.1, -0.05) is 19.9 Å². The van der Waals surface area contributed by atoms with Crippen LogP contribution < -0.4 is 15.4 Å². The smallest absolute Gasteiger partial charge is 0.433 e. The minimum absolute atomic E-state index is 0.106. The van der Waals surface area contributed by atoms with Gasteiger partial charge in [0.05, 0.1) is 0 Å². The van der Waals surface area contributed by atoms with Gasteiger partial charge in [0, 0.05) is 31.1 Å². The number of alkyl halides is 3. The van der Waals surface area contributed by atoms with Crippen LogP contribution in [0.2, 0.25) is 0 Å². The SMILES string of the molecule is C#CCCCCNC(=O)c1cccc(Oc2cc(CNC(=O)OC(C)(C)C)cc(C(F)(F)F)n2)c1.CC. The second-order valence-corrected chi connectivity index (χ2v) is 8.60. The van der Waals surface area contributed by atoms with Crippen molar-refractivity contribution in [3.8, 4) is 24.0 Å². The fourth-order valence-corrected chi connectivity index (χ4v) is 2.82. The first-order valence-corrected chi connectivity index (χ1v) is 11.9. The van der Waals surface area contributed by atoms with Gasteiger partial charge >= 0.3 is 12.3 Å². The van der Waals surface area contributed by atoms with Crippen molar-refractivity contribution in [3.63, 3.8) is 0 Å². The summed E-state index contributed by atoms with van der Waals surface area (Å²) >= 11 is 0. The minimum Gasteiger partial charge on any atom is -0.444 e. The van der Waals surface area contributed by atoms with Gasteiger partial charge in [0.25, 0.3) is 5.91 Å². The number of pyridine rings is 1. The number of rotatable bonds is 9. The average Bonchev–Trinajstić information content (AvgIpc) is 2.82. The fourth-order valence-electron chi connectivity index (χ4n) is 2.82. The summed E-state index contributed by atoms with van der Waals surface area (Å²) in [4.78, 5) is 27.7. The first-order valence-electron chi connectivity index (χ1n) is 11.9. The Balaban J connectivity index is 0.00000334. The van der Waals surface area contributed by atoms with Gasteiger partial charge in [-0.05, 0) is 63.4 Å². The molecule has 2 aromatic rings. The van der Waals surface area contributed by atoms with E-state index in [4.69, 9.17) is 15.9 Å². The van der Waals surface area contributed by atoms with Crippen molar-refractivity contribution in [1.82, 2.24) is 15.6 Å². The molecule has 0 unspecified atom stereocenters. The van der Waals surface area contributed by atoms with E-state index in [1.807, 2.05) is 13.8 Å². The van der Waals surface area contributed by atoms with Gasteiger partial charge in [-0.3, -0.25) is 4.79 Å². The molecule has 202 valence electrons. The Labute approximate surface area is 216 Å². The molecule has 0 saturated heterocycles. The lowest BCUT2D eigenvalue weighted by Crippen LogP contribution is -2.32. The molecule has 2 N–H and O–H groups in total. The Morgan fingerprint density at radius 2 is 1.76 bits per heavy atom. The number of unbranched alkanes of at least 4 members (excludes halogenated alkanes) is 2. The first-order chi connectivity index (χ1) is 17.4. The van der Waals surface area contributed by atoms with Gasteiger partial charge < -0.3 is 20.1 Å². The molecule has 0 fully saturated rings. The molecular weight excluding hydrogens is 487 g/mol. The molecule has 0 saturated carbocycles. The van der Waals surface area contributed by atoms with Crippen molar-refractivity contribution >= 4 is 12.0 Å². The largest absolute Gasteiger partial charge is 0.444 e. The van der Waals surface area contributed by atoms with Crippen molar-refractivity contribution in [1.29, 1.82) is 0 Å². The lowest BCUT2D eigenvalue weighted by molar-refractivity contribution is -0.141. The molecule has 0 atom stereocenters. The normalized spacial score (nSPS) is 10.9. The van der Waals surface area contributed by atoms with E-state index in [1.165, 1.54) is 18.2 Å². The van der Waals surface area contributed by atoms with Crippen LogP contribution in [0.25, 0.3) is 0 Å². The minimum atomic E-state index is -4.73. The van der Waals surface area contributed by atoms with Crippen LogP contribution in [-0.2, 0) is 17.5 Å². The van der Waals surface area contributed by atoms with E-state index in [0.29, 0.717) is 13.0 Å². The third-order valence-electron chi connectivity index (χ3n) is 4.34. The predicted molar refractivity (Wildman–Crippen MR) is 135 cm³/mol. The molecule has 0 radical (unpaired) electrons. The van der Waals surface area contributed by atoms with E-state index in [-0.39, 0.29) is 35.2 Å². The molecule has 0 bridgehead atoms. The zero-order valence-electron chi connectivity index (χ0n) is 21.8. The molecule has 1 aromatic heterocycles. The summed E-state index contributed by atoms with van der Waals surface area (Å²) in [6.07, 6.45) is 1.81. The highest BCUT2D eigenvalue weighted by molar-refractivity contribution is 5.94. The zero-order valence-corrected chi connectivity index (χ0v) is 21.8. The van der Waals surface area contributed by atoms with Gasteiger partial charge in [0.2, 0.25) is 5.88 Å². The molecule has 10 heteroatoms. The Morgan fingerprint density at radius 3 is 2.38 bits per heavy atom. The molecule has 37 heavy (non-hydrogen) atoms. The Morgan fingerprint density at radius 1 is 1.05 bits per heavy atom. The van der Waals surface area contributed by atoms with Crippen LogP contribution in [0.4, 0.5) is 18.0 Å². The number of ether oxygens (including phenoxy) is 2. The van der Waals surface area contributed by atoms with Gasteiger partial charge in [-0.25, -0.2) is 9.78 Å². The third kappa shape index (κ3) is 12.2. The van der Waals surface area contributed by atoms with Crippen molar-refractivity contribution < 1.29 is 32.2 Å². The number of halogens is 3. The van der Waals surface area contributed by atoms with E-state index < -0.39 is 23.6 Å². The molecule has 2 amide bonds. The number of carbonyl (C=O) groups excluding carboxylic acids is 2. The molecule has 0 aliphatic carbocycles. The van der Waals surface area contributed by atoms with E-state index >= 15 is 0 Å². The first kappa shape index (κ1) is 31.3. The zero-order chi connectivity index (χ0) is 28.1. The molecule has 0 aliphatic rings. The van der Waals surface area contributed by atoms with Crippen LogP contribution in [0.15, 0.2) is 36.4 Å². The lowest BCUT2D eigenvalue weighted by Gasteiger charge is -2.20. The summed E-state index contributed by atoms with van der Waals surface area (Å²) in [5, 5.41) is 5.16. The van der Waals surface area contributed by atoms with Crippen molar-refractivity contribution in [2.45, 2.75) is 72.2 Å². The maximum Gasteiger partial charge on any atom is 0.433 e. The molecule has 0 aliphatic heterocycles. The molecule has 2 rings (SSSR count). The number of nitrogens with zero attached hydrogens (tertiary/aromatic N) is 1. The summed E-state index contributed by atoms with van der Waals surface area (Å²) in [6, 6.07) is 8.07. The summed E-state index contributed by atoms with van der Waals surface area (Å²) in [7, 11) is 0. The molecule has 1 aromatic carbocycles. The Hall–Kier alpha value is -3.74. The van der Waals surface area contributed by atoms with Gasteiger partial charge in [-0.15, -0.1) is 12.3 Å². The molecule has 7 nitrogen and oxygen atoms in total. The summed E-state index contributed by atoms with van der Waals surface area (Å²) in [5.41, 5.74) is -1.56. The van der Waals surface area contributed by atoms with Crippen molar-refractivity contribution in [2.75, 3.05) is 6.54 Å². The number of benzene rings is 1. The number of carbonyl (C=O) groups is 2. The standard InChI is InChI=1S/C25H28F3N3O4.C2H6/c1-5-6-7-8-12-29-22(32)18-10-9-11-19(15-18)34-21-14-17(13-20(31-21)25(26,27)28)16-30-23(33)35-24(2,3)4;1-2/h1,9-11,13-15H,6-8,12,16H2,2-4H3,(H,29,32)(H,30,33);1-2H3. The quantitative estimate of drug-likeness (QED) is 0.291. The lowest BCUT2D eigenvalue weighted by atomic mass is 10.2. The van der Waals surface area contributed by atoms with Crippen LogP contribution in [0.3, 0.4) is 0 Å². The number of aromatic nitrogens is 1. The fraction of sp³-hybridized carbons (Fsp3) is 0.444. The number of hydrogen-bond donors (Lipinski definition) is 2. The van der Waals surface area contributed by atoms with Gasteiger partial charge in [0.1, 0.15) is 17.0 Å². The van der Waals surface area contributed by atoms with E-state index in [2.05, 4.69) is 21.5 Å². The highest BCUT2D eigenvalue weighted by Gasteiger charge is 2.33. The molecule has 1 heterocycles. The third-order valence-corrected chi connectivity index (χ3v) is 4.34. The summed E-state index contributed by atoms with van der Waals surface area (Å²) in [6.45, 7) is 9.20. The number of hydrogen-bond acceptors (Lipinski definition) is 5. The van der Waals surface area contributed by atoms with E-state index in [0.717, 1.165) is 18.9 Å². The monoisotopic (exact) mass is 521 g/mol. The second kappa shape index (κ2) is 14.7. The van der Waals surface area contributed by atoms with Crippen LogP contribution in [0, 0.1) is 12.3 Å². The van der Waals surface area contributed by atoms with E-state index in [1.54, 1.807) is 32.9 Å². The Kier molecular flexibility index (Phi) is 12.5. The van der Waals surface area contributed by atoms with Crippen molar-refractivity contribution in [3.05, 3.63) is 53.2 Å². The maximum atomic E-state index is 13.4. The maximum absolute atomic E-state index is 13.4. The van der Waals surface area contributed by atoms with Crippen LogP contribution in [-0.4, -0.2) is 29.1 Å². The number of amides is 2. The topological polar surface area (TPSA) is 89.6 Å². The van der Waals surface area contributed by atoms with Crippen LogP contribution in [0.5, 0.6) is 11.6 Å². The predicted octanol–water partition coefficient (Wildman–Crippen LogP) is 6.48. The average molecular weight is 522 g/mol. The van der Waals surface area contributed by atoms with Crippen LogP contribution in [0.1, 0.15) is 75.5 Å². The second-order valence-electron chi connectivity index (χ2n) is 8.60. The van der Waals surface area contributed by atoms with E-state index in [9.17, 15) is 22.8 Å². The number of nitrogens with one attached hydrogen (secondary N) is 2. The Bertz CT molecular complexity index is 1070. The number of alkyl carbamates (subject to hydrolysis) is 1. The van der Waals surface area contributed by atoms with Crippen molar-refractivity contribution in [2.24, 2.45) is 0 Å². The molecular formula is C27H34F3N3O4. The number of terminal acetylenes is 1. The summed E-state index contributed by atoms with van der Waals surface area (Å²) < 4.78 is 50.8. The molecule has 0 spiro atoms.